The van der Waals surface area contributed by atoms with Crippen LogP contribution in [0.5, 0.6) is 0 Å². The van der Waals surface area contributed by atoms with Gasteiger partial charge in [0.15, 0.2) is 11.6 Å². The Hall–Kier alpha value is -1.91. The van der Waals surface area contributed by atoms with Crippen molar-refractivity contribution in [2.75, 3.05) is 30.5 Å². The lowest BCUT2D eigenvalue weighted by Gasteiger charge is -2.32. The molecule has 1 heterocycles. The average molecular weight is 685 g/mol. The topological polar surface area (TPSA) is 118 Å². The Morgan fingerprint density at radius 2 is 1.69 bits per heavy atom. The van der Waals surface area contributed by atoms with Crippen LogP contribution in [0.4, 0.5) is 0 Å². The summed E-state index contributed by atoms with van der Waals surface area (Å²) in [5.74, 6) is 4.85. The molecule has 0 aromatic rings. The van der Waals surface area contributed by atoms with Crippen LogP contribution in [0, 0.1) is 17.8 Å². The summed E-state index contributed by atoms with van der Waals surface area (Å²) in [6, 6.07) is 0. The first-order valence-corrected chi connectivity index (χ1v) is 19.1. The molecule has 2 N–H and O–H groups in total. The van der Waals surface area contributed by atoms with E-state index in [0.717, 1.165) is 24.3 Å². The predicted octanol–water partition coefficient (Wildman–Crippen LogP) is 8.96. The Kier molecular flexibility index (Phi) is 19.0. The molecule has 2 aliphatic carbocycles. The minimum Gasteiger partial charge on any atom is -0.511 e. The van der Waals surface area contributed by atoms with E-state index in [9.17, 15) is 19.8 Å². The highest BCUT2D eigenvalue weighted by molar-refractivity contribution is 7.99. The lowest BCUT2D eigenvalue weighted by Crippen LogP contribution is -2.30. The molecule has 11 heteroatoms. The number of oxime groups is 2. The minimum absolute atomic E-state index is 0.0375. The molecule has 1 fully saturated rings. The summed E-state index contributed by atoms with van der Waals surface area (Å²) >= 11 is 9.27. The first kappa shape index (κ1) is 39.3. The monoisotopic (exact) mass is 684 g/mol. The van der Waals surface area contributed by atoms with Crippen molar-refractivity contribution in [2.45, 2.75) is 104 Å². The zero-order valence-electron chi connectivity index (χ0n) is 27.7. The van der Waals surface area contributed by atoms with E-state index >= 15 is 0 Å². The van der Waals surface area contributed by atoms with E-state index < -0.39 is 0 Å². The number of halogens is 1. The SMILES string of the molecule is CCC/C(=N\OCC)C1=C(O)CC(C2CCCSC2)CC1=O.CCSC(C)CC1CC(=O)C(/C(CC)=N/OC/C=C/Cl)=C(O)C1. The van der Waals surface area contributed by atoms with Gasteiger partial charge in [0.1, 0.15) is 24.7 Å². The molecule has 0 saturated carbocycles. The first-order valence-electron chi connectivity index (χ1n) is 16.4. The zero-order valence-corrected chi connectivity index (χ0v) is 30.1. The van der Waals surface area contributed by atoms with E-state index in [-0.39, 0.29) is 35.6 Å². The Labute approximate surface area is 283 Å². The maximum atomic E-state index is 12.6. The number of ketones is 2. The Morgan fingerprint density at radius 1 is 1.00 bits per heavy atom. The third-order valence-electron chi connectivity index (χ3n) is 8.11. The smallest absolute Gasteiger partial charge is 0.168 e. The van der Waals surface area contributed by atoms with Gasteiger partial charge in [-0.1, -0.05) is 56.0 Å². The molecule has 8 nitrogen and oxygen atoms in total. The van der Waals surface area contributed by atoms with Gasteiger partial charge in [-0.3, -0.25) is 9.59 Å². The lowest BCUT2D eigenvalue weighted by atomic mass is 9.76. The molecule has 0 bridgehead atoms. The number of thioether (sulfide) groups is 2. The minimum atomic E-state index is -0.0375. The molecule has 0 aromatic heterocycles. The maximum Gasteiger partial charge on any atom is 0.168 e. The fourth-order valence-corrected chi connectivity index (χ4v) is 8.42. The highest BCUT2D eigenvalue weighted by Gasteiger charge is 2.35. The maximum absolute atomic E-state index is 12.6. The van der Waals surface area contributed by atoms with Crippen molar-refractivity contribution in [1.29, 1.82) is 0 Å². The molecular weight excluding hydrogens is 632 g/mol. The van der Waals surface area contributed by atoms with Gasteiger partial charge in [0.05, 0.1) is 22.6 Å². The van der Waals surface area contributed by atoms with Crippen molar-refractivity contribution in [3.8, 4) is 0 Å². The fraction of sp³-hybridized carbons (Fsp3) is 0.706. The van der Waals surface area contributed by atoms with Gasteiger partial charge >= 0.3 is 0 Å². The second-order valence-electron chi connectivity index (χ2n) is 11.7. The molecule has 4 atom stereocenters. The largest absolute Gasteiger partial charge is 0.511 e. The number of hydrogen-bond acceptors (Lipinski definition) is 10. The molecule has 4 unspecified atom stereocenters. The van der Waals surface area contributed by atoms with Gasteiger partial charge in [0.25, 0.3) is 0 Å². The lowest BCUT2D eigenvalue weighted by molar-refractivity contribution is -0.118. The van der Waals surface area contributed by atoms with Crippen LogP contribution in [0.1, 0.15) is 98.8 Å². The highest BCUT2D eigenvalue weighted by atomic mass is 35.5. The summed E-state index contributed by atoms with van der Waals surface area (Å²) in [6.07, 6.45) is 9.18. The Morgan fingerprint density at radius 3 is 2.27 bits per heavy atom. The summed E-state index contributed by atoms with van der Waals surface area (Å²) < 4.78 is 0. The van der Waals surface area contributed by atoms with E-state index in [4.69, 9.17) is 21.3 Å². The summed E-state index contributed by atoms with van der Waals surface area (Å²) in [6.45, 7) is 10.8. The normalized spacial score (nSPS) is 24.1. The predicted molar refractivity (Wildman–Crippen MR) is 190 cm³/mol. The second-order valence-corrected chi connectivity index (χ2v) is 14.8. The number of nitrogens with zero attached hydrogens (tertiary/aromatic N) is 2. The number of Topliss-reactive ketones (excluding diaryl/α,β-unsaturated/α-hetero) is 2. The van der Waals surface area contributed by atoms with Crippen molar-refractivity contribution in [1.82, 2.24) is 0 Å². The van der Waals surface area contributed by atoms with Crippen molar-refractivity contribution in [3.05, 3.63) is 34.3 Å². The Balaban J connectivity index is 0.000000314. The van der Waals surface area contributed by atoms with Crippen LogP contribution < -0.4 is 0 Å². The van der Waals surface area contributed by atoms with E-state index in [1.165, 1.54) is 24.1 Å². The molecule has 0 spiro atoms. The summed E-state index contributed by atoms with van der Waals surface area (Å²) in [5, 5.41) is 29.3. The summed E-state index contributed by atoms with van der Waals surface area (Å²) in [7, 11) is 0. The molecule has 0 radical (unpaired) electrons. The summed E-state index contributed by atoms with van der Waals surface area (Å²) in [4.78, 5) is 35.3. The van der Waals surface area contributed by atoms with Crippen molar-refractivity contribution in [3.63, 3.8) is 0 Å². The van der Waals surface area contributed by atoms with Gasteiger partial charge in [-0.25, -0.2) is 0 Å². The van der Waals surface area contributed by atoms with Crippen LogP contribution >= 0.6 is 35.1 Å². The Bertz CT molecular complexity index is 1110. The van der Waals surface area contributed by atoms with Crippen LogP contribution in [0.2, 0.25) is 0 Å². The number of rotatable bonds is 15. The quantitative estimate of drug-likeness (QED) is 0.0997. The van der Waals surface area contributed by atoms with Gasteiger partial charge in [-0.15, -0.1) is 0 Å². The average Bonchev–Trinajstić information content (AvgIpc) is 3.01. The van der Waals surface area contributed by atoms with Crippen LogP contribution in [0.25, 0.3) is 0 Å². The van der Waals surface area contributed by atoms with E-state index in [1.807, 2.05) is 44.3 Å². The summed E-state index contributed by atoms with van der Waals surface area (Å²) in [5.41, 5.74) is 3.24. The van der Waals surface area contributed by atoms with Crippen LogP contribution in [-0.2, 0) is 19.3 Å². The molecule has 1 aliphatic heterocycles. The number of hydrogen-bond donors (Lipinski definition) is 2. The highest BCUT2D eigenvalue weighted by Crippen LogP contribution is 2.38. The van der Waals surface area contributed by atoms with Crippen molar-refractivity contribution in [2.24, 2.45) is 28.1 Å². The number of aliphatic hydroxyl groups excluding tert-OH is 2. The van der Waals surface area contributed by atoms with Crippen molar-refractivity contribution >= 4 is 58.1 Å². The van der Waals surface area contributed by atoms with Crippen LogP contribution in [-0.4, -0.2) is 68.9 Å². The van der Waals surface area contributed by atoms with Gasteiger partial charge in [0.2, 0.25) is 0 Å². The molecule has 45 heavy (non-hydrogen) atoms. The molecule has 0 aromatic carbocycles. The van der Waals surface area contributed by atoms with Crippen molar-refractivity contribution < 1.29 is 29.5 Å². The van der Waals surface area contributed by atoms with E-state index in [2.05, 4.69) is 24.2 Å². The molecule has 3 rings (SSSR count). The number of carbonyl (C=O) groups is 2. The number of allylic oxidation sites excluding steroid dienone is 4. The zero-order chi connectivity index (χ0) is 33.2. The third-order valence-corrected chi connectivity index (χ3v) is 10.6. The number of carbonyl (C=O) groups excluding carboxylic acids is 2. The molecule has 3 aliphatic rings. The van der Waals surface area contributed by atoms with Gasteiger partial charge in [-0.05, 0) is 80.1 Å². The number of aliphatic hydroxyl groups is 2. The van der Waals surface area contributed by atoms with Crippen LogP contribution in [0.15, 0.2) is 44.6 Å². The second kappa shape index (κ2) is 21.8. The fourth-order valence-electron chi connectivity index (χ4n) is 6.09. The standard InChI is InChI=1S/C17H26ClNO3S.C17H27NO3S/c1-4-14(19-22-8-6-7-18)17-15(20)10-13(11-16(17)21)9-12(3)23-5-2;1-3-6-14(18-21-4-2)17-15(19)9-13(10-16(17)20)12-7-5-8-22-11-12/h6-7,12-13,20H,4-5,8-11H2,1-3H3;12-13,19H,3-11H2,1-2H3/b7-6+,19-14+;18-14+. The van der Waals surface area contributed by atoms with Gasteiger partial charge in [-0.2, -0.15) is 23.5 Å². The third kappa shape index (κ3) is 13.0. The van der Waals surface area contributed by atoms with Gasteiger partial charge in [0, 0.05) is 36.5 Å². The van der Waals surface area contributed by atoms with Gasteiger partial charge < -0.3 is 19.9 Å². The van der Waals surface area contributed by atoms with E-state index in [1.54, 1.807) is 6.08 Å². The molecular formula is C34H53ClN2O6S2. The molecule has 0 amide bonds. The first-order chi connectivity index (χ1) is 21.7. The van der Waals surface area contributed by atoms with E-state index in [0.29, 0.717) is 84.8 Å². The molecule has 254 valence electrons. The van der Waals surface area contributed by atoms with Crippen LogP contribution in [0.3, 0.4) is 0 Å². The molecule has 1 saturated heterocycles.